The van der Waals surface area contributed by atoms with Gasteiger partial charge in [-0.15, -0.1) is 0 Å². The van der Waals surface area contributed by atoms with Gasteiger partial charge in [-0.25, -0.2) is 0 Å². The number of nitrogen functional groups attached to an aromatic ring is 2. The third-order valence-electron chi connectivity index (χ3n) is 4.01. The third-order valence-corrected chi connectivity index (χ3v) is 4.01. The fourth-order valence-corrected chi connectivity index (χ4v) is 2.78. The Hall–Kier alpha value is -2.43. The van der Waals surface area contributed by atoms with E-state index in [4.69, 9.17) is 16.2 Å². The summed E-state index contributed by atoms with van der Waals surface area (Å²) in [6.07, 6.45) is 1.68. The first-order chi connectivity index (χ1) is 10.5. The number of nitrogens with zero attached hydrogens (tertiary/aromatic N) is 1. The van der Waals surface area contributed by atoms with E-state index in [0.717, 1.165) is 17.7 Å². The lowest BCUT2D eigenvalue weighted by atomic mass is 9.93. The Morgan fingerprint density at radius 3 is 2.55 bits per heavy atom. The average Bonchev–Trinajstić information content (AvgIpc) is 2.52. The molecule has 5 heteroatoms. The zero-order valence-corrected chi connectivity index (χ0v) is 13.7. The van der Waals surface area contributed by atoms with Gasteiger partial charge in [0.15, 0.2) is 5.82 Å². The van der Waals surface area contributed by atoms with Crippen LogP contribution in [0.2, 0.25) is 0 Å². The number of anilines is 3. The molecule has 1 aromatic heterocycles. The summed E-state index contributed by atoms with van der Waals surface area (Å²) in [6.45, 7) is 4.28. The van der Waals surface area contributed by atoms with Crippen molar-refractivity contribution in [3.05, 3.63) is 40.5 Å². The van der Waals surface area contributed by atoms with Crippen molar-refractivity contribution in [2.24, 2.45) is 0 Å². The molecule has 0 fully saturated rings. The first kappa shape index (κ1) is 15.9. The Bertz CT molecular complexity index is 683. The van der Waals surface area contributed by atoms with Gasteiger partial charge in [0.1, 0.15) is 0 Å². The number of methoxy groups -OCH3 is 1. The van der Waals surface area contributed by atoms with Crippen LogP contribution in [-0.2, 0) is 12.8 Å². The maximum atomic E-state index is 6.07. The molecule has 2 aromatic rings. The molecule has 0 aliphatic heterocycles. The molecule has 0 atom stereocenters. The van der Waals surface area contributed by atoms with Crippen LogP contribution in [0.25, 0.3) is 0 Å². The SMILES string of the molecule is CCc1cccc(C)c1Cc1c(OC)nc(N)c(N)c1NC. The van der Waals surface area contributed by atoms with E-state index < -0.39 is 0 Å². The molecule has 0 unspecified atom stereocenters. The summed E-state index contributed by atoms with van der Waals surface area (Å²) < 4.78 is 5.42. The lowest BCUT2D eigenvalue weighted by Gasteiger charge is -2.19. The predicted molar refractivity (Wildman–Crippen MR) is 92.5 cm³/mol. The number of ether oxygens (including phenoxy) is 1. The second-order valence-electron chi connectivity index (χ2n) is 5.27. The molecule has 0 bridgehead atoms. The van der Waals surface area contributed by atoms with Gasteiger partial charge in [-0.3, -0.25) is 0 Å². The highest BCUT2D eigenvalue weighted by atomic mass is 16.5. The number of hydrogen-bond donors (Lipinski definition) is 3. The van der Waals surface area contributed by atoms with Gasteiger partial charge in [0.2, 0.25) is 5.88 Å². The van der Waals surface area contributed by atoms with Crippen LogP contribution < -0.4 is 21.5 Å². The maximum Gasteiger partial charge on any atom is 0.220 e. The Labute approximate surface area is 131 Å². The Kier molecular flexibility index (Phi) is 4.75. The van der Waals surface area contributed by atoms with Crippen molar-refractivity contribution >= 4 is 17.2 Å². The molecule has 1 aromatic carbocycles. The van der Waals surface area contributed by atoms with Crippen molar-refractivity contribution in [2.75, 3.05) is 30.9 Å². The minimum atomic E-state index is 0.283. The summed E-state index contributed by atoms with van der Waals surface area (Å²) in [5.41, 5.74) is 18.0. The minimum absolute atomic E-state index is 0.283. The van der Waals surface area contributed by atoms with Crippen LogP contribution >= 0.6 is 0 Å². The number of nitrogens with one attached hydrogen (secondary N) is 1. The van der Waals surface area contributed by atoms with Gasteiger partial charge >= 0.3 is 0 Å². The monoisotopic (exact) mass is 300 g/mol. The van der Waals surface area contributed by atoms with Gasteiger partial charge in [0.25, 0.3) is 0 Å². The van der Waals surface area contributed by atoms with Gasteiger partial charge < -0.3 is 21.5 Å². The molecule has 0 aliphatic carbocycles. The molecular formula is C17H24N4O. The van der Waals surface area contributed by atoms with Gasteiger partial charge in [-0.1, -0.05) is 25.1 Å². The molecule has 0 aliphatic rings. The molecular weight excluding hydrogens is 276 g/mol. The molecule has 118 valence electrons. The minimum Gasteiger partial charge on any atom is -0.481 e. The lowest BCUT2D eigenvalue weighted by Crippen LogP contribution is -2.10. The molecule has 5 N–H and O–H groups in total. The summed E-state index contributed by atoms with van der Waals surface area (Å²) in [5, 5.41) is 3.13. The van der Waals surface area contributed by atoms with Gasteiger partial charge in [0, 0.05) is 19.0 Å². The maximum absolute atomic E-state index is 6.07. The second kappa shape index (κ2) is 6.56. The Balaban J connectivity index is 2.61. The van der Waals surface area contributed by atoms with Crippen LogP contribution in [0.15, 0.2) is 18.2 Å². The van der Waals surface area contributed by atoms with Crippen LogP contribution in [0.4, 0.5) is 17.2 Å². The molecule has 1 heterocycles. The van der Waals surface area contributed by atoms with E-state index in [1.165, 1.54) is 16.7 Å². The topological polar surface area (TPSA) is 86.2 Å². The number of nitrogens with two attached hydrogens (primary N) is 2. The highest BCUT2D eigenvalue weighted by Gasteiger charge is 2.18. The predicted octanol–water partition coefficient (Wildman–Crippen LogP) is 2.76. The van der Waals surface area contributed by atoms with E-state index in [2.05, 4.69) is 42.3 Å². The van der Waals surface area contributed by atoms with E-state index >= 15 is 0 Å². The van der Waals surface area contributed by atoms with Crippen LogP contribution in [-0.4, -0.2) is 19.1 Å². The van der Waals surface area contributed by atoms with Crippen LogP contribution in [0.3, 0.4) is 0 Å². The molecule has 5 nitrogen and oxygen atoms in total. The van der Waals surface area contributed by atoms with Gasteiger partial charge in [-0.2, -0.15) is 4.98 Å². The first-order valence-corrected chi connectivity index (χ1v) is 7.40. The van der Waals surface area contributed by atoms with Crippen LogP contribution in [0.1, 0.15) is 29.2 Å². The summed E-state index contributed by atoms with van der Waals surface area (Å²) >= 11 is 0. The average molecular weight is 300 g/mol. The zero-order chi connectivity index (χ0) is 16.3. The van der Waals surface area contributed by atoms with Crippen molar-refractivity contribution in [1.82, 2.24) is 4.98 Å². The summed E-state index contributed by atoms with van der Waals surface area (Å²) in [5.74, 6) is 0.798. The number of pyridine rings is 1. The van der Waals surface area contributed by atoms with Crippen LogP contribution in [0, 0.1) is 6.92 Å². The van der Waals surface area contributed by atoms with Gasteiger partial charge in [0.05, 0.1) is 18.5 Å². The fraction of sp³-hybridized carbons (Fsp3) is 0.353. The zero-order valence-electron chi connectivity index (χ0n) is 13.7. The molecule has 22 heavy (non-hydrogen) atoms. The number of aromatic nitrogens is 1. The Morgan fingerprint density at radius 2 is 1.95 bits per heavy atom. The first-order valence-electron chi connectivity index (χ1n) is 7.40. The molecule has 2 rings (SSSR count). The van der Waals surface area contributed by atoms with Crippen molar-refractivity contribution < 1.29 is 4.74 Å². The van der Waals surface area contributed by atoms with Crippen molar-refractivity contribution in [1.29, 1.82) is 0 Å². The van der Waals surface area contributed by atoms with E-state index in [0.29, 0.717) is 18.0 Å². The molecule has 0 radical (unpaired) electrons. The standard InChI is InChI=1S/C17H24N4O/c1-5-11-8-6-7-10(2)12(11)9-13-15(20-3)14(18)16(19)21-17(13)22-4/h6-8H,5,9,18H2,1-4H3,(H3,19,20,21). The van der Waals surface area contributed by atoms with E-state index in [1.807, 2.05) is 7.05 Å². The highest BCUT2D eigenvalue weighted by Crippen LogP contribution is 2.36. The second-order valence-corrected chi connectivity index (χ2v) is 5.27. The molecule has 0 spiro atoms. The van der Waals surface area contributed by atoms with E-state index in [1.54, 1.807) is 7.11 Å². The molecule has 0 saturated carbocycles. The summed E-state index contributed by atoms with van der Waals surface area (Å²) in [4.78, 5) is 4.27. The lowest BCUT2D eigenvalue weighted by molar-refractivity contribution is 0.394. The summed E-state index contributed by atoms with van der Waals surface area (Å²) in [6, 6.07) is 6.36. The van der Waals surface area contributed by atoms with Crippen LogP contribution in [0.5, 0.6) is 5.88 Å². The van der Waals surface area contributed by atoms with E-state index in [-0.39, 0.29) is 5.82 Å². The third kappa shape index (κ3) is 2.79. The highest BCUT2D eigenvalue weighted by molar-refractivity contribution is 5.81. The van der Waals surface area contributed by atoms with Crippen molar-refractivity contribution in [3.8, 4) is 5.88 Å². The smallest absolute Gasteiger partial charge is 0.220 e. The molecule has 0 amide bonds. The quantitative estimate of drug-likeness (QED) is 0.790. The molecule has 0 saturated heterocycles. The number of benzene rings is 1. The largest absolute Gasteiger partial charge is 0.481 e. The summed E-state index contributed by atoms with van der Waals surface area (Å²) in [7, 11) is 3.42. The van der Waals surface area contributed by atoms with Gasteiger partial charge in [-0.05, 0) is 30.0 Å². The Morgan fingerprint density at radius 1 is 1.23 bits per heavy atom. The van der Waals surface area contributed by atoms with Crippen molar-refractivity contribution in [2.45, 2.75) is 26.7 Å². The number of hydrogen-bond acceptors (Lipinski definition) is 5. The normalized spacial score (nSPS) is 10.5. The van der Waals surface area contributed by atoms with Crippen molar-refractivity contribution in [3.63, 3.8) is 0 Å². The van der Waals surface area contributed by atoms with E-state index in [9.17, 15) is 0 Å². The number of aryl methyl sites for hydroxylation is 2. The number of rotatable bonds is 5. The fourth-order valence-electron chi connectivity index (χ4n) is 2.78.